The molecule has 5 heteroatoms. The Morgan fingerprint density at radius 2 is 2.15 bits per heavy atom. The van der Waals surface area contributed by atoms with Crippen molar-refractivity contribution >= 4 is 5.91 Å². The Hall–Kier alpha value is -1.90. The number of amides is 1. The lowest BCUT2D eigenvalue weighted by Crippen LogP contribution is -2.51. The van der Waals surface area contributed by atoms with E-state index in [9.17, 15) is 4.79 Å². The van der Waals surface area contributed by atoms with Crippen molar-refractivity contribution in [3.8, 4) is 6.07 Å². The summed E-state index contributed by atoms with van der Waals surface area (Å²) in [4.78, 5) is 14.3. The molecule has 0 unspecified atom stereocenters. The van der Waals surface area contributed by atoms with Gasteiger partial charge in [0.2, 0.25) is 0 Å². The lowest BCUT2D eigenvalue weighted by atomic mass is 10.0. The second-order valence-corrected chi connectivity index (χ2v) is 5.13. The smallest absolute Gasteiger partial charge is 0.254 e. The van der Waals surface area contributed by atoms with E-state index in [1.165, 1.54) is 0 Å². The van der Waals surface area contributed by atoms with Crippen LogP contribution in [0.4, 0.5) is 0 Å². The molecular formula is C15H16N2O3. The molecule has 0 saturated carbocycles. The third kappa shape index (κ3) is 2.40. The van der Waals surface area contributed by atoms with E-state index in [0.29, 0.717) is 37.4 Å². The van der Waals surface area contributed by atoms with E-state index in [4.69, 9.17) is 14.7 Å². The molecule has 0 aromatic heterocycles. The number of hydrogen-bond donors (Lipinski definition) is 0. The lowest BCUT2D eigenvalue weighted by molar-refractivity contribution is -0.183. The van der Waals surface area contributed by atoms with Crippen LogP contribution in [0.5, 0.6) is 0 Å². The third-order valence-corrected chi connectivity index (χ3v) is 3.76. The first kappa shape index (κ1) is 13.1. The van der Waals surface area contributed by atoms with Crippen molar-refractivity contribution < 1.29 is 14.3 Å². The van der Waals surface area contributed by atoms with Gasteiger partial charge in [0, 0.05) is 18.5 Å². The van der Waals surface area contributed by atoms with Crippen LogP contribution in [0.15, 0.2) is 24.3 Å². The number of nitriles is 1. The molecule has 1 spiro atoms. The van der Waals surface area contributed by atoms with Gasteiger partial charge < -0.3 is 14.4 Å². The topological polar surface area (TPSA) is 62.6 Å². The molecule has 2 fully saturated rings. The van der Waals surface area contributed by atoms with E-state index >= 15 is 0 Å². The fourth-order valence-electron chi connectivity index (χ4n) is 2.80. The molecule has 0 bridgehead atoms. The molecule has 0 N–H and O–H groups in total. The predicted molar refractivity (Wildman–Crippen MR) is 70.9 cm³/mol. The maximum absolute atomic E-state index is 12.5. The number of carbonyl (C=O) groups is 1. The van der Waals surface area contributed by atoms with Crippen LogP contribution >= 0.6 is 0 Å². The normalized spacial score (nSPS) is 20.9. The van der Waals surface area contributed by atoms with Gasteiger partial charge in [0.25, 0.3) is 5.91 Å². The number of likely N-dealkylation sites (tertiary alicyclic amines) is 1. The highest BCUT2D eigenvalue weighted by atomic mass is 16.7. The van der Waals surface area contributed by atoms with Gasteiger partial charge in [-0.2, -0.15) is 5.26 Å². The van der Waals surface area contributed by atoms with Crippen LogP contribution in [0.2, 0.25) is 0 Å². The summed E-state index contributed by atoms with van der Waals surface area (Å²) in [6.45, 7) is 2.34. The minimum absolute atomic E-state index is 0.0692. The Morgan fingerprint density at radius 1 is 1.35 bits per heavy atom. The Kier molecular flexibility index (Phi) is 3.43. The Balaban J connectivity index is 1.78. The molecule has 0 aliphatic carbocycles. The molecule has 2 aliphatic heterocycles. The van der Waals surface area contributed by atoms with Crippen molar-refractivity contribution in [2.24, 2.45) is 0 Å². The SMILES string of the molecule is N#Cc1cccc(C(=O)N2CCCC3(C2)OCCO3)c1. The molecule has 3 rings (SSSR count). The highest BCUT2D eigenvalue weighted by molar-refractivity contribution is 5.94. The van der Waals surface area contributed by atoms with E-state index in [2.05, 4.69) is 6.07 Å². The van der Waals surface area contributed by atoms with Gasteiger partial charge in [-0.15, -0.1) is 0 Å². The van der Waals surface area contributed by atoms with Crippen molar-refractivity contribution in [1.29, 1.82) is 5.26 Å². The summed E-state index contributed by atoms with van der Waals surface area (Å²) >= 11 is 0. The molecule has 5 nitrogen and oxygen atoms in total. The van der Waals surface area contributed by atoms with Crippen molar-refractivity contribution in [3.05, 3.63) is 35.4 Å². The lowest BCUT2D eigenvalue weighted by Gasteiger charge is -2.38. The second kappa shape index (κ2) is 5.23. The molecule has 0 radical (unpaired) electrons. The van der Waals surface area contributed by atoms with Crippen molar-refractivity contribution in [2.45, 2.75) is 18.6 Å². The molecule has 1 amide bonds. The van der Waals surface area contributed by atoms with Gasteiger partial charge in [0.15, 0.2) is 5.79 Å². The molecule has 0 atom stereocenters. The highest BCUT2D eigenvalue weighted by Gasteiger charge is 2.42. The number of rotatable bonds is 1. The van der Waals surface area contributed by atoms with Gasteiger partial charge in [0.1, 0.15) is 0 Å². The average molecular weight is 272 g/mol. The van der Waals surface area contributed by atoms with Crippen LogP contribution < -0.4 is 0 Å². The molecular weight excluding hydrogens is 256 g/mol. The quantitative estimate of drug-likeness (QED) is 0.778. The van der Waals surface area contributed by atoms with Crippen LogP contribution in [0.3, 0.4) is 0 Å². The molecule has 1 aromatic rings. The van der Waals surface area contributed by atoms with E-state index in [1.54, 1.807) is 29.2 Å². The molecule has 2 aliphatic rings. The number of ether oxygens (including phenoxy) is 2. The second-order valence-electron chi connectivity index (χ2n) is 5.13. The monoisotopic (exact) mass is 272 g/mol. The van der Waals surface area contributed by atoms with Crippen LogP contribution in [0, 0.1) is 11.3 Å². The summed E-state index contributed by atoms with van der Waals surface area (Å²) in [7, 11) is 0. The highest BCUT2D eigenvalue weighted by Crippen LogP contribution is 2.30. The van der Waals surface area contributed by atoms with Crippen molar-refractivity contribution in [1.82, 2.24) is 4.90 Å². The maximum Gasteiger partial charge on any atom is 0.254 e. The number of piperidine rings is 1. The number of hydrogen-bond acceptors (Lipinski definition) is 4. The summed E-state index contributed by atoms with van der Waals surface area (Å²) in [6, 6.07) is 8.84. The summed E-state index contributed by atoms with van der Waals surface area (Å²) in [6.07, 6.45) is 1.69. The molecule has 20 heavy (non-hydrogen) atoms. The van der Waals surface area contributed by atoms with Crippen molar-refractivity contribution in [3.63, 3.8) is 0 Å². The standard InChI is InChI=1S/C15H16N2O3/c16-10-12-3-1-4-13(9-12)14(18)17-6-2-5-15(11-17)19-7-8-20-15/h1,3-4,9H,2,5-8,11H2. The average Bonchev–Trinajstić information content (AvgIpc) is 2.94. The Bertz CT molecular complexity index is 558. The van der Waals surface area contributed by atoms with E-state index in [-0.39, 0.29) is 5.91 Å². The van der Waals surface area contributed by atoms with Crippen LogP contribution in [0.25, 0.3) is 0 Å². The van der Waals surface area contributed by atoms with Gasteiger partial charge in [-0.3, -0.25) is 4.79 Å². The van der Waals surface area contributed by atoms with Crippen molar-refractivity contribution in [2.75, 3.05) is 26.3 Å². The summed E-state index contributed by atoms with van der Waals surface area (Å²) in [5, 5.41) is 8.91. The number of nitrogens with zero attached hydrogens (tertiary/aromatic N) is 2. The first-order valence-electron chi connectivity index (χ1n) is 6.80. The minimum atomic E-state index is -0.610. The summed E-state index contributed by atoms with van der Waals surface area (Å²) < 4.78 is 11.3. The predicted octanol–water partition coefficient (Wildman–Crippen LogP) is 1.54. The van der Waals surface area contributed by atoms with E-state index in [1.807, 2.05) is 0 Å². The van der Waals surface area contributed by atoms with Crippen LogP contribution in [-0.2, 0) is 9.47 Å². The zero-order chi connectivity index (χ0) is 14.0. The summed E-state index contributed by atoms with van der Waals surface area (Å²) in [5.41, 5.74) is 1.04. The molecule has 2 saturated heterocycles. The zero-order valence-electron chi connectivity index (χ0n) is 11.2. The molecule has 1 aromatic carbocycles. The largest absolute Gasteiger partial charge is 0.346 e. The fraction of sp³-hybridized carbons (Fsp3) is 0.467. The van der Waals surface area contributed by atoms with Crippen LogP contribution in [0.1, 0.15) is 28.8 Å². The first-order valence-corrected chi connectivity index (χ1v) is 6.80. The summed E-state index contributed by atoms with van der Waals surface area (Å²) in [5.74, 6) is -0.680. The first-order chi connectivity index (χ1) is 9.72. The van der Waals surface area contributed by atoms with Crippen LogP contribution in [-0.4, -0.2) is 42.9 Å². The van der Waals surface area contributed by atoms with E-state index < -0.39 is 5.79 Å². The third-order valence-electron chi connectivity index (χ3n) is 3.76. The van der Waals surface area contributed by atoms with E-state index in [0.717, 1.165) is 12.8 Å². The maximum atomic E-state index is 12.5. The number of carbonyl (C=O) groups excluding carboxylic acids is 1. The van der Waals surface area contributed by atoms with Gasteiger partial charge in [0.05, 0.1) is 31.4 Å². The minimum Gasteiger partial charge on any atom is -0.346 e. The zero-order valence-corrected chi connectivity index (χ0v) is 11.2. The van der Waals surface area contributed by atoms with Gasteiger partial charge in [-0.1, -0.05) is 6.07 Å². The fourth-order valence-corrected chi connectivity index (χ4v) is 2.80. The Labute approximate surface area is 117 Å². The van der Waals surface area contributed by atoms with Gasteiger partial charge in [-0.05, 0) is 24.6 Å². The molecule has 104 valence electrons. The van der Waals surface area contributed by atoms with Gasteiger partial charge in [-0.25, -0.2) is 0 Å². The Morgan fingerprint density at radius 3 is 2.90 bits per heavy atom. The van der Waals surface area contributed by atoms with Gasteiger partial charge >= 0.3 is 0 Å². The number of benzene rings is 1. The molecule has 2 heterocycles.